The van der Waals surface area contributed by atoms with Crippen molar-refractivity contribution in [1.29, 1.82) is 0 Å². The molecule has 3 rings (SSSR count). The molecule has 0 aliphatic carbocycles. The molecule has 1 heterocycles. The lowest BCUT2D eigenvalue weighted by Gasteiger charge is -2.32. The van der Waals surface area contributed by atoms with Crippen molar-refractivity contribution in [2.24, 2.45) is 0 Å². The third-order valence-electron chi connectivity index (χ3n) is 4.79. The second kappa shape index (κ2) is 7.52. The number of ether oxygens (including phenoxy) is 2. The maximum Gasteiger partial charge on any atom is 0.243 e. The Kier molecular flexibility index (Phi) is 5.49. The highest BCUT2D eigenvalue weighted by Crippen LogP contribution is 2.35. The summed E-state index contributed by atoms with van der Waals surface area (Å²) in [7, 11) is -2.01. The second-order valence-electron chi connectivity index (χ2n) is 7.43. The van der Waals surface area contributed by atoms with Crippen LogP contribution in [0, 0.1) is 0 Å². The molecule has 27 heavy (non-hydrogen) atoms. The number of sulfonamides is 1. The van der Waals surface area contributed by atoms with E-state index in [0.717, 1.165) is 29.7 Å². The van der Waals surface area contributed by atoms with Crippen molar-refractivity contribution in [1.82, 2.24) is 4.31 Å². The number of nitrogens with zero attached hydrogens (tertiary/aromatic N) is 1. The molecule has 0 amide bonds. The van der Waals surface area contributed by atoms with E-state index in [0.29, 0.717) is 17.3 Å². The van der Waals surface area contributed by atoms with Gasteiger partial charge < -0.3 is 9.47 Å². The quantitative estimate of drug-likeness (QED) is 0.749. The van der Waals surface area contributed by atoms with Gasteiger partial charge in [-0.25, -0.2) is 8.42 Å². The van der Waals surface area contributed by atoms with Crippen LogP contribution >= 0.6 is 0 Å². The average Bonchev–Trinajstić information content (AvgIpc) is 2.62. The highest BCUT2D eigenvalue weighted by molar-refractivity contribution is 7.89. The number of para-hydroxylation sites is 1. The number of aryl methyl sites for hydroxylation is 1. The summed E-state index contributed by atoms with van der Waals surface area (Å²) in [5, 5.41) is 0. The van der Waals surface area contributed by atoms with Crippen molar-refractivity contribution in [3.63, 3.8) is 0 Å². The topological polar surface area (TPSA) is 55.8 Å². The summed E-state index contributed by atoms with van der Waals surface area (Å²) < 4.78 is 39.1. The molecule has 5 nitrogen and oxygen atoms in total. The smallest absolute Gasteiger partial charge is 0.243 e. The van der Waals surface area contributed by atoms with Crippen molar-refractivity contribution < 1.29 is 17.9 Å². The third-order valence-corrected chi connectivity index (χ3v) is 6.59. The Hall–Kier alpha value is -2.05. The fourth-order valence-corrected chi connectivity index (χ4v) is 4.43. The van der Waals surface area contributed by atoms with Crippen LogP contribution < -0.4 is 9.47 Å². The van der Waals surface area contributed by atoms with E-state index < -0.39 is 10.0 Å². The molecule has 0 atom stereocenters. The van der Waals surface area contributed by atoms with Crippen LogP contribution in [-0.4, -0.2) is 32.0 Å². The van der Waals surface area contributed by atoms with E-state index in [-0.39, 0.29) is 12.1 Å². The molecule has 0 spiro atoms. The zero-order valence-corrected chi connectivity index (χ0v) is 17.2. The van der Waals surface area contributed by atoms with Gasteiger partial charge in [0.25, 0.3) is 0 Å². The third kappa shape index (κ3) is 4.28. The zero-order valence-electron chi connectivity index (χ0n) is 16.4. The lowest BCUT2D eigenvalue weighted by Crippen LogP contribution is -2.33. The molecule has 0 fully saturated rings. The standard InChI is InChI=1S/C21H27NO4S/c1-5-25-19-9-7-6-8-17(19)15-22(4)27(23,24)18-10-11-20-16(14-18)12-13-21(2,3)26-20/h6-11,14H,5,12-13,15H2,1-4H3. The predicted octanol–water partition coefficient (Wildman–Crippen LogP) is 4.01. The van der Waals surface area contributed by atoms with Gasteiger partial charge in [0, 0.05) is 19.2 Å². The fraction of sp³-hybridized carbons (Fsp3) is 0.429. The summed E-state index contributed by atoms with van der Waals surface area (Å²) in [6.45, 7) is 6.79. The number of fused-ring (bicyclic) bond motifs is 1. The average molecular weight is 390 g/mol. The van der Waals surface area contributed by atoms with Crippen LogP contribution in [0.5, 0.6) is 11.5 Å². The van der Waals surface area contributed by atoms with Gasteiger partial charge in [0.15, 0.2) is 0 Å². The van der Waals surface area contributed by atoms with Crippen LogP contribution in [0.3, 0.4) is 0 Å². The first-order valence-corrected chi connectivity index (χ1v) is 10.7. The molecular formula is C21H27NO4S. The van der Waals surface area contributed by atoms with Crippen molar-refractivity contribution in [2.75, 3.05) is 13.7 Å². The minimum atomic E-state index is -3.61. The van der Waals surface area contributed by atoms with Crippen molar-refractivity contribution in [2.45, 2.75) is 50.7 Å². The van der Waals surface area contributed by atoms with E-state index in [1.807, 2.05) is 45.0 Å². The molecule has 0 N–H and O–H groups in total. The molecular weight excluding hydrogens is 362 g/mol. The largest absolute Gasteiger partial charge is 0.494 e. The second-order valence-corrected chi connectivity index (χ2v) is 9.48. The Labute approximate surface area is 162 Å². The summed E-state index contributed by atoms with van der Waals surface area (Å²) in [5.41, 5.74) is 1.57. The normalized spacial score (nSPS) is 15.9. The van der Waals surface area contributed by atoms with Crippen LogP contribution in [0.4, 0.5) is 0 Å². The zero-order chi connectivity index (χ0) is 19.7. The van der Waals surface area contributed by atoms with Gasteiger partial charge in [0.05, 0.1) is 11.5 Å². The molecule has 0 saturated heterocycles. The van der Waals surface area contributed by atoms with Crippen LogP contribution in [0.1, 0.15) is 38.3 Å². The van der Waals surface area contributed by atoms with Crippen LogP contribution in [0.25, 0.3) is 0 Å². The van der Waals surface area contributed by atoms with Gasteiger partial charge >= 0.3 is 0 Å². The first-order chi connectivity index (χ1) is 12.7. The Balaban J connectivity index is 1.84. The SMILES string of the molecule is CCOc1ccccc1CN(C)S(=O)(=O)c1ccc2c(c1)CCC(C)(C)O2. The highest BCUT2D eigenvalue weighted by Gasteiger charge is 2.29. The van der Waals surface area contributed by atoms with Gasteiger partial charge in [0.2, 0.25) is 10.0 Å². The Morgan fingerprint density at radius 3 is 2.67 bits per heavy atom. The maximum atomic E-state index is 13.1. The summed E-state index contributed by atoms with van der Waals surface area (Å²) in [5.74, 6) is 1.48. The molecule has 2 aromatic carbocycles. The number of hydrogen-bond acceptors (Lipinski definition) is 4. The molecule has 6 heteroatoms. The first kappa shape index (κ1) is 19.7. The van der Waals surface area contributed by atoms with Gasteiger partial charge in [-0.1, -0.05) is 18.2 Å². The Morgan fingerprint density at radius 2 is 1.93 bits per heavy atom. The van der Waals surface area contributed by atoms with E-state index in [1.165, 1.54) is 4.31 Å². The van der Waals surface area contributed by atoms with Crippen LogP contribution in [-0.2, 0) is 23.0 Å². The maximum absolute atomic E-state index is 13.1. The molecule has 0 bridgehead atoms. The molecule has 0 saturated carbocycles. The van der Waals surface area contributed by atoms with Crippen molar-refractivity contribution >= 4 is 10.0 Å². The number of rotatable bonds is 6. The van der Waals surface area contributed by atoms with E-state index >= 15 is 0 Å². The molecule has 1 aliphatic rings. The van der Waals surface area contributed by atoms with Gasteiger partial charge in [-0.3, -0.25) is 0 Å². The van der Waals surface area contributed by atoms with Gasteiger partial charge in [-0.2, -0.15) is 4.31 Å². The number of hydrogen-bond donors (Lipinski definition) is 0. The van der Waals surface area contributed by atoms with E-state index in [1.54, 1.807) is 25.2 Å². The summed E-state index contributed by atoms with van der Waals surface area (Å²) in [6, 6.07) is 12.7. The minimum Gasteiger partial charge on any atom is -0.494 e. The monoisotopic (exact) mass is 389 g/mol. The molecule has 0 aromatic heterocycles. The lowest BCUT2D eigenvalue weighted by molar-refractivity contribution is 0.0845. The molecule has 0 radical (unpaired) electrons. The Morgan fingerprint density at radius 1 is 1.19 bits per heavy atom. The van der Waals surface area contributed by atoms with Gasteiger partial charge in [0.1, 0.15) is 17.1 Å². The highest BCUT2D eigenvalue weighted by atomic mass is 32.2. The first-order valence-electron chi connectivity index (χ1n) is 9.22. The Bertz CT molecular complexity index is 922. The fourth-order valence-electron chi connectivity index (χ4n) is 3.23. The molecule has 1 aliphatic heterocycles. The summed E-state index contributed by atoms with van der Waals surface area (Å²) in [4.78, 5) is 0.293. The van der Waals surface area contributed by atoms with E-state index in [9.17, 15) is 8.42 Å². The van der Waals surface area contributed by atoms with Crippen LogP contribution in [0.15, 0.2) is 47.4 Å². The summed E-state index contributed by atoms with van der Waals surface area (Å²) in [6.07, 6.45) is 1.67. The van der Waals surface area contributed by atoms with Crippen LogP contribution in [0.2, 0.25) is 0 Å². The van der Waals surface area contributed by atoms with Gasteiger partial charge in [-0.15, -0.1) is 0 Å². The summed E-state index contributed by atoms with van der Waals surface area (Å²) >= 11 is 0. The van der Waals surface area contributed by atoms with E-state index in [4.69, 9.17) is 9.47 Å². The molecule has 0 unspecified atom stereocenters. The minimum absolute atomic E-state index is 0.215. The lowest BCUT2D eigenvalue weighted by atomic mass is 9.94. The van der Waals surface area contributed by atoms with E-state index in [2.05, 4.69) is 0 Å². The van der Waals surface area contributed by atoms with Gasteiger partial charge in [-0.05, 0) is 63.4 Å². The molecule has 2 aromatic rings. The van der Waals surface area contributed by atoms with Crippen molar-refractivity contribution in [3.8, 4) is 11.5 Å². The number of benzene rings is 2. The predicted molar refractivity (Wildman–Crippen MR) is 106 cm³/mol. The molecule has 146 valence electrons. The van der Waals surface area contributed by atoms with Crippen molar-refractivity contribution in [3.05, 3.63) is 53.6 Å².